The average molecular weight is 331 g/mol. The third-order valence-corrected chi connectivity index (χ3v) is 4.45. The molecule has 0 radical (unpaired) electrons. The van der Waals surface area contributed by atoms with Gasteiger partial charge in [-0.3, -0.25) is 0 Å². The SMILES string of the molecule is CCCOc1ccc(/C=C/C(=O)OC(C)(C)C2CCNCC2)cc1. The van der Waals surface area contributed by atoms with Crippen LogP contribution in [0.25, 0.3) is 6.08 Å². The number of carbonyl (C=O) groups is 1. The summed E-state index contributed by atoms with van der Waals surface area (Å²) in [6, 6.07) is 7.71. The van der Waals surface area contributed by atoms with E-state index in [-0.39, 0.29) is 5.97 Å². The molecule has 24 heavy (non-hydrogen) atoms. The second-order valence-electron chi connectivity index (χ2n) is 6.80. The summed E-state index contributed by atoms with van der Waals surface area (Å²) in [5, 5.41) is 3.34. The van der Waals surface area contributed by atoms with Crippen LogP contribution in [0, 0.1) is 5.92 Å². The molecule has 132 valence electrons. The van der Waals surface area contributed by atoms with E-state index in [0.717, 1.165) is 43.7 Å². The van der Waals surface area contributed by atoms with Crippen LogP contribution >= 0.6 is 0 Å². The van der Waals surface area contributed by atoms with Crippen molar-refractivity contribution in [3.8, 4) is 5.75 Å². The van der Waals surface area contributed by atoms with Crippen molar-refractivity contribution >= 4 is 12.0 Å². The predicted octanol–water partition coefficient (Wildman–Crippen LogP) is 3.81. The van der Waals surface area contributed by atoms with Gasteiger partial charge in [-0.2, -0.15) is 0 Å². The van der Waals surface area contributed by atoms with Gasteiger partial charge in [0.25, 0.3) is 0 Å². The molecule has 1 N–H and O–H groups in total. The molecule has 0 amide bonds. The van der Waals surface area contributed by atoms with Crippen LogP contribution < -0.4 is 10.1 Å². The zero-order valence-electron chi connectivity index (χ0n) is 15.0. The lowest BCUT2D eigenvalue weighted by molar-refractivity contribution is -0.156. The minimum absolute atomic E-state index is 0.287. The van der Waals surface area contributed by atoms with Crippen molar-refractivity contribution in [2.24, 2.45) is 5.92 Å². The van der Waals surface area contributed by atoms with Gasteiger partial charge < -0.3 is 14.8 Å². The number of ether oxygens (including phenoxy) is 2. The molecule has 0 atom stereocenters. The van der Waals surface area contributed by atoms with Crippen LogP contribution in [-0.4, -0.2) is 31.3 Å². The molecule has 0 aliphatic carbocycles. The third-order valence-electron chi connectivity index (χ3n) is 4.45. The van der Waals surface area contributed by atoms with Gasteiger partial charge in [0, 0.05) is 12.0 Å². The number of nitrogens with one attached hydrogen (secondary N) is 1. The summed E-state index contributed by atoms with van der Waals surface area (Å²) in [6.45, 7) is 8.80. The summed E-state index contributed by atoms with van der Waals surface area (Å²) in [6.07, 6.45) is 6.36. The third kappa shape index (κ3) is 5.68. The first-order valence-corrected chi connectivity index (χ1v) is 8.86. The van der Waals surface area contributed by atoms with E-state index in [4.69, 9.17) is 9.47 Å². The van der Waals surface area contributed by atoms with E-state index in [0.29, 0.717) is 12.5 Å². The number of hydrogen-bond acceptors (Lipinski definition) is 4. The van der Waals surface area contributed by atoms with E-state index >= 15 is 0 Å². The van der Waals surface area contributed by atoms with Gasteiger partial charge in [0.15, 0.2) is 0 Å². The van der Waals surface area contributed by atoms with E-state index < -0.39 is 5.60 Å². The average Bonchev–Trinajstić information content (AvgIpc) is 2.59. The van der Waals surface area contributed by atoms with Gasteiger partial charge >= 0.3 is 5.97 Å². The molecule has 1 aromatic carbocycles. The second kappa shape index (κ2) is 8.88. The Hall–Kier alpha value is -1.81. The molecular formula is C20H29NO3. The number of hydrogen-bond donors (Lipinski definition) is 1. The summed E-state index contributed by atoms with van der Waals surface area (Å²) in [5.41, 5.74) is 0.525. The standard InChI is InChI=1S/C20H29NO3/c1-4-15-23-18-8-5-16(6-9-18)7-10-19(22)24-20(2,3)17-11-13-21-14-12-17/h5-10,17,21H,4,11-15H2,1-3H3/b10-7+. The first-order valence-electron chi connectivity index (χ1n) is 8.86. The van der Waals surface area contributed by atoms with Crippen LogP contribution in [0.15, 0.2) is 30.3 Å². The Labute approximate surface area is 145 Å². The van der Waals surface area contributed by atoms with Crippen LogP contribution in [0.5, 0.6) is 5.75 Å². The van der Waals surface area contributed by atoms with Crippen LogP contribution in [0.3, 0.4) is 0 Å². The molecule has 2 rings (SSSR count). The van der Waals surface area contributed by atoms with E-state index in [2.05, 4.69) is 12.2 Å². The van der Waals surface area contributed by atoms with Crippen LogP contribution in [0.1, 0.15) is 45.6 Å². The van der Waals surface area contributed by atoms with E-state index in [1.807, 2.05) is 38.1 Å². The molecule has 1 aliphatic rings. The lowest BCUT2D eigenvalue weighted by Crippen LogP contribution is -2.42. The van der Waals surface area contributed by atoms with Crippen molar-refractivity contribution in [2.75, 3.05) is 19.7 Å². The Morgan fingerprint density at radius 2 is 1.92 bits per heavy atom. The first kappa shape index (κ1) is 18.5. The smallest absolute Gasteiger partial charge is 0.331 e. The normalized spacial score (nSPS) is 16.3. The fourth-order valence-corrected chi connectivity index (χ4v) is 2.95. The number of esters is 1. The zero-order chi connectivity index (χ0) is 17.4. The number of carbonyl (C=O) groups excluding carboxylic acids is 1. The highest BCUT2D eigenvalue weighted by Gasteiger charge is 2.33. The lowest BCUT2D eigenvalue weighted by Gasteiger charge is -2.36. The van der Waals surface area contributed by atoms with Crippen LogP contribution in [-0.2, 0) is 9.53 Å². The summed E-state index contributed by atoms with van der Waals surface area (Å²) in [5.74, 6) is 0.972. The van der Waals surface area contributed by atoms with Gasteiger partial charge in [-0.25, -0.2) is 4.79 Å². The Balaban J connectivity index is 1.87. The Kier molecular flexibility index (Phi) is 6.85. The molecule has 4 heteroatoms. The quantitative estimate of drug-likeness (QED) is 0.610. The number of piperidine rings is 1. The van der Waals surface area contributed by atoms with Gasteiger partial charge in [-0.05, 0) is 70.0 Å². The van der Waals surface area contributed by atoms with Gasteiger partial charge in [0.2, 0.25) is 0 Å². The fraction of sp³-hybridized carbons (Fsp3) is 0.550. The molecule has 1 saturated heterocycles. The highest BCUT2D eigenvalue weighted by atomic mass is 16.6. The van der Waals surface area contributed by atoms with Crippen molar-refractivity contribution in [1.29, 1.82) is 0 Å². The van der Waals surface area contributed by atoms with Gasteiger partial charge in [-0.1, -0.05) is 19.1 Å². The summed E-state index contributed by atoms with van der Waals surface area (Å²) in [4.78, 5) is 12.1. The molecule has 4 nitrogen and oxygen atoms in total. The second-order valence-corrected chi connectivity index (χ2v) is 6.80. The molecule has 0 saturated carbocycles. The lowest BCUT2D eigenvalue weighted by atomic mass is 9.83. The van der Waals surface area contributed by atoms with Crippen molar-refractivity contribution < 1.29 is 14.3 Å². The maximum Gasteiger partial charge on any atom is 0.331 e. The van der Waals surface area contributed by atoms with E-state index in [1.165, 1.54) is 6.08 Å². The summed E-state index contributed by atoms with van der Waals surface area (Å²) in [7, 11) is 0. The van der Waals surface area contributed by atoms with E-state index in [1.54, 1.807) is 6.08 Å². The largest absolute Gasteiger partial charge is 0.494 e. The van der Waals surface area contributed by atoms with Crippen molar-refractivity contribution in [3.63, 3.8) is 0 Å². The molecule has 0 unspecified atom stereocenters. The highest BCUT2D eigenvalue weighted by Crippen LogP contribution is 2.29. The summed E-state index contributed by atoms with van der Waals surface area (Å²) >= 11 is 0. The minimum Gasteiger partial charge on any atom is -0.494 e. The first-order chi connectivity index (χ1) is 11.5. The maximum absolute atomic E-state index is 12.1. The van der Waals surface area contributed by atoms with Gasteiger partial charge in [0.1, 0.15) is 11.4 Å². The predicted molar refractivity (Wildman–Crippen MR) is 97.0 cm³/mol. The Bertz CT molecular complexity index is 543. The molecule has 1 fully saturated rings. The van der Waals surface area contributed by atoms with Gasteiger partial charge in [0.05, 0.1) is 6.61 Å². The molecule has 0 spiro atoms. The van der Waals surface area contributed by atoms with Crippen LogP contribution in [0.4, 0.5) is 0 Å². The summed E-state index contributed by atoms with van der Waals surface area (Å²) < 4.78 is 11.2. The fourth-order valence-electron chi connectivity index (χ4n) is 2.95. The zero-order valence-corrected chi connectivity index (χ0v) is 15.0. The van der Waals surface area contributed by atoms with E-state index in [9.17, 15) is 4.79 Å². The van der Waals surface area contributed by atoms with Crippen molar-refractivity contribution in [3.05, 3.63) is 35.9 Å². The molecule has 0 aromatic heterocycles. The molecule has 0 bridgehead atoms. The van der Waals surface area contributed by atoms with Crippen molar-refractivity contribution in [1.82, 2.24) is 5.32 Å². The van der Waals surface area contributed by atoms with Crippen LogP contribution in [0.2, 0.25) is 0 Å². The Morgan fingerprint density at radius 3 is 2.54 bits per heavy atom. The highest BCUT2D eigenvalue weighted by molar-refractivity contribution is 5.87. The van der Waals surface area contributed by atoms with Crippen molar-refractivity contribution in [2.45, 2.75) is 45.6 Å². The molecular weight excluding hydrogens is 302 g/mol. The topological polar surface area (TPSA) is 47.6 Å². The Morgan fingerprint density at radius 1 is 1.25 bits per heavy atom. The number of rotatable bonds is 7. The molecule has 1 heterocycles. The monoisotopic (exact) mass is 331 g/mol. The molecule has 1 aliphatic heterocycles. The maximum atomic E-state index is 12.1. The van der Waals surface area contributed by atoms with Gasteiger partial charge in [-0.15, -0.1) is 0 Å². The molecule has 1 aromatic rings. The minimum atomic E-state index is -0.429. The number of benzene rings is 1.